The average Bonchev–Trinajstić information content (AvgIpc) is 2.69. The molecule has 4 nitrogen and oxygen atoms in total. The zero-order valence-electron chi connectivity index (χ0n) is 10.2. The first-order chi connectivity index (χ1) is 8.58. The van der Waals surface area contributed by atoms with Crippen molar-refractivity contribution in [2.45, 2.75) is 25.8 Å². The van der Waals surface area contributed by atoms with E-state index in [4.69, 9.17) is 10.8 Å². The van der Waals surface area contributed by atoms with Crippen molar-refractivity contribution in [2.24, 2.45) is 11.7 Å². The summed E-state index contributed by atoms with van der Waals surface area (Å²) in [6, 6.07) is 5.93. The lowest BCUT2D eigenvalue weighted by Gasteiger charge is -2.24. The first-order valence-corrected chi connectivity index (χ1v) is 6.16. The summed E-state index contributed by atoms with van der Waals surface area (Å²) < 4.78 is 0. The minimum absolute atomic E-state index is 0.189. The lowest BCUT2D eigenvalue weighted by atomic mass is 9.83. The van der Waals surface area contributed by atoms with E-state index in [-0.39, 0.29) is 12.0 Å². The van der Waals surface area contributed by atoms with Crippen LogP contribution in [0.1, 0.15) is 29.3 Å². The van der Waals surface area contributed by atoms with Gasteiger partial charge in [-0.1, -0.05) is 18.2 Å². The first-order valence-electron chi connectivity index (χ1n) is 6.16. The SMILES string of the molecule is Cc1cccc2c3c([nH]c12)CC(C(=O)O)CC3N. The number of rotatable bonds is 1. The van der Waals surface area contributed by atoms with Crippen molar-refractivity contribution in [1.82, 2.24) is 4.98 Å². The zero-order chi connectivity index (χ0) is 12.9. The molecule has 3 rings (SSSR count). The Morgan fingerprint density at radius 2 is 2.28 bits per heavy atom. The smallest absolute Gasteiger partial charge is 0.306 e. The molecular formula is C14H16N2O2. The number of aryl methyl sites for hydroxylation is 1. The Labute approximate surface area is 105 Å². The average molecular weight is 244 g/mol. The zero-order valence-corrected chi connectivity index (χ0v) is 10.2. The number of nitrogens with one attached hydrogen (secondary N) is 1. The number of carboxylic acid groups (broad SMARTS) is 1. The van der Waals surface area contributed by atoms with Crippen molar-refractivity contribution in [3.8, 4) is 0 Å². The third kappa shape index (κ3) is 1.53. The molecule has 0 saturated carbocycles. The van der Waals surface area contributed by atoms with Crippen LogP contribution < -0.4 is 5.73 Å². The fourth-order valence-corrected chi connectivity index (χ4v) is 2.97. The minimum Gasteiger partial charge on any atom is -0.481 e. The molecular weight excluding hydrogens is 228 g/mol. The van der Waals surface area contributed by atoms with Crippen molar-refractivity contribution >= 4 is 16.9 Å². The number of para-hydroxylation sites is 1. The van der Waals surface area contributed by atoms with Gasteiger partial charge in [0, 0.05) is 29.1 Å². The van der Waals surface area contributed by atoms with Gasteiger partial charge < -0.3 is 15.8 Å². The number of aromatic amines is 1. The molecule has 0 saturated heterocycles. The van der Waals surface area contributed by atoms with Gasteiger partial charge >= 0.3 is 5.97 Å². The van der Waals surface area contributed by atoms with Crippen LogP contribution in [0.5, 0.6) is 0 Å². The van der Waals surface area contributed by atoms with Crippen molar-refractivity contribution in [1.29, 1.82) is 0 Å². The molecule has 4 N–H and O–H groups in total. The third-order valence-electron chi connectivity index (χ3n) is 3.87. The number of carbonyl (C=O) groups is 1. The second-order valence-corrected chi connectivity index (χ2v) is 5.10. The highest BCUT2D eigenvalue weighted by Gasteiger charge is 2.31. The number of nitrogens with two attached hydrogens (primary N) is 1. The van der Waals surface area contributed by atoms with Gasteiger partial charge in [-0.3, -0.25) is 4.79 Å². The Hall–Kier alpha value is -1.81. The molecule has 1 aliphatic rings. The van der Waals surface area contributed by atoms with Crippen LogP contribution in [0.15, 0.2) is 18.2 Å². The molecule has 1 aliphatic carbocycles. The van der Waals surface area contributed by atoms with Gasteiger partial charge in [0.25, 0.3) is 0 Å². The molecule has 0 aliphatic heterocycles. The van der Waals surface area contributed by atoms with E-state index in [2.05, 4.69) is 11.1 Å². The van der Waals surface area contributed by atoms with Crippen LogP contribution in [-0.2, 0) is 11.2 Å². The van der Waals surface area contributed by atoms with E-state index in [9.17, 15) is 4.79 Å². The maximum atomic E-state index is 11.1. The van der Waals surface area contributed by atoms with Gasteiger partial charge in [-0.05, 0) is 24.5 Å². The maximum Gasteiger partial charge on any atom is 0.306 e. The van der Waals surface area contributed by atoms with Crippen LogP contribution >= 0.6 is 0 Å². The summed E-state index contributed by atoms with van der Waals surface area (Å²) >= 11 is 0. The fourth-order valence-electron chi connectivity index (χ4n) is 2.97. The summed E-state index contributed by atoms with van der Waals surface area (Å²) in [4.78, 5) is 14.5. The summed E-state index contributed by atoms with van der Waals surface area (Å²) in [5.41, 5.74) is 10.5. The number of hydrogen-bond acceptors (Lipinski definition) is 2. The van der Waals surface area contributed by atoms with Crippen LogP contribution in [0.2, 0.25) is 0 Å². The largest absolute Gasteiger partial charge is 0.481 e. The minimum atomic E-state index is -0.758. The summed E-state index contributed by atoms with van der Waals surface area (Å²) in [5.74, 6) is -1.13. The van der Waals surface area contributed by atoms with Crippen molar-refractivity contribution in [3.05, 3.63) is 35.0 Å². The van der Waals surface area contributed by atoms with Crippen molar-refractivity contribution < 1.29 is 9.90 Å². The quantitative estimate of drug-likeness (QED) is 0.719. The van der Waals surface area contributed by atoms with Gasteiger partial charge in [0.05, 0.1) is 5.92 Å². The molecule has 18 heavy (non-hydrogen) atoms. The van der Waals surface area contributed by atoms with Crippen LogP contribution in [-0.4, -0.2) is 16.1 Å². The molecule has 0 amide bonds. The highest BCUT2D eigenvalue weighted by Crippen LogP contribution is 2.37. The van der Waals surface area contributed by atoms with E-state index in [1.54, 1.807) is 0 Å². The molecule has 2 unspecified atom stereocenters. The molecule has 94 valence electrons. The molecule has 1 aromatic heterocycles. The number of fused-ring (bicyclic) bond motifs is 3. The Bertz CT molecular complexity index is 630. The van der Waals surface area contributed by atoms with E-state index >= 15 is 0 Å². The molecule has 0 radical (unpaired) electrons. The maximum absolute atomic E-state index is 11.1. The Morgan fingerprint density at radius 1 is 1.50 bits per heavy atom. The molecule has 4 heteroatoms. The summed E-state index contributed by atoms with van der Waals surface area (Å²) in [5, 5.41) is 10.3. The molecule has 0 fully saturated rings. The summed E-state index contributed by atoms with van der Waals surface area (Å²) in [6.07, 6.45) is 1.07. The van der Waals surface area contributed by atoms with Gasteiger partial charge in [-0.25, -0.2) is 0 Å². The topological polar surface area (TPSA) is 79.1 Å². The van der Waals surface area contributed by atoms with Gasteiger partial charge in [-0.2, -0.15) is 0 Å². The van der Waals surface area contributed by atoms with Crippen LogP contribution in [0.4, 0.5) is 0 Å². The molecule has 1 aromatic carbocycles. The number of aliphatic carboxylic acids is 1. The molecule has 0 spiro atoms. The Kier molecular flexibility index (Phi) is 2.41. The fraction of sp³-hybridized carbons (Fsp3) is 0.357. The second-order valence-electron chi connectivity index (χ2n) is 5.10. The number of hydrogen-bond donors (Lipinski definition) is 3. The lowest BCUT2D eigenvalue weighted by Crippen LogP contribution is -2.28. The molecule has 1 heterocycles. The highest BCUT2D eigenvalue weighted by atomic mass is 16.4. The summed E-state index contributed by atoms with van der Waals surface area (Å²) in [6.45, 7) is 2.05. The monoisotopic (exact) mass is 244 g/mol. The molecule has 2 atom stereocenters. The van der Waals surface area contributed by atoms with E-state index in [0.29, 0.717) is 12.8 Å². The number of aromatic nitrogens is 1. The Morgan fingerprint density at radius 3 is 3.00 bits per heavy atom. The second kappa shape index (κ2) is 3.85. The van der Waals surface area contributed by atoms with Crippen molar-refractivity contribution in [3.63, 3.8) is 0 Å². The van der Waals surface area contributed by atoms with Gasteiger partial charge in [-0.15, -0.1) is 0 Å². The van der Waals surface area contributed by atoms with Crippen LogP contribution in [0, 0.1) is 12.8 Å². The highest BCUT2D eigenvalue weighted by molar-refractivity contribution is 5.88. The van der Waals surface area contributed by atoms with Gasteiger partial charge in [0.15, 0.2) is 0 Å². The third-order valence-corrected chi connectivity index (χ3v) is 3.87. The lowest BCUT2D eigenvalue weighted by molar-refractivity contribution is -0.142. The first kappa shape index (κ1) is 11.3. The Balaban J connectivity index is 2.19. The van der Waals surface area contributed by atoms with E-state index in [1.165, 1.54) is 5.56 Å². The number of carboxylic acids is 1. The van der Waals surface area contributed by atoms with E-state index in [0.717, 1.165) is 22.2 Å². The normalized spacial score (nSPS) is 23.0. The van der Waals surface area contributed by atoms with Crippen LogP contribution in [0.3, 0.4) is 0 Å². The molecule has 2 aromatic rings. The van der Waals surface area contributed by atoms with Gasteiger partial charge in [0.2, 0.25) is 0 Å². The standard InChI is InChI=1S/C14H16N2O2/c1-7-3-2-4-9-12-10(15)5-8(14(17)18)6-11(12)16-13(7)9/h2-4,8,10,16H,5-6,15H2,1H3,(H,17,18). The van der Waals surface area contributed by atoms with Crippen LogP contribution in [0.25, 0.3) is 10.9 Å². The number of H-pyrrole nitrogens is 1. The predicted octanol–water partition coefficient (Wildman–Crippen LogP) is 2.12. The number of benzene rings is 1. The van der Waals surface area contributed by atoms with Crippen molar-refractivity contribution in [2.75, 3.05) is 0 Å². The summed E-state index contributed by atoms with van der Waals surface area (Å²) in [7, 11) is 0. The predicted molar refractivity (Wildman–Crippen MR) is 69.4 cm³/mol. The van der Waals surface area contributed by atoms with Gasteiger partial charge in [0.1, 0.15) is 0 Å². The molecule has 0 bridgehead atoms. The van der Waals surface area contributed by atoms with E-state index in [1.807, 2.05) is 19.1 Å². The van der Waals surface area contributed by atoms with E-state index < -0.39 is 5.97 Å².